The van der Waals surface area contributed by atoms with Crippen molar-refractivity contribution in [3.63, 3.8) is 0 Å². The van der Waals surface area contributed by atoms with Gasteiger partial charge in [-0.05, 0) is 32.6 Å². The lowest BCUT2D eigenvalue weighted by Gasteiger charge is -2.14. The van der Waals surface area contributed by atoms with Crippen molar-refractivity contribution in [2.24, 2.45) is 0 Å². The number of likely N-dealkylation sites (tertiary alicyclic amines) is 1. The van der Waals surface area contributed by atoms with Crippen LogP contribution in [0.1, 0.15) is 46.0 Å². The van der Waals surface area contributed by atoms with E-state index in [4.69, 9.17) is 15.0 Å². The van der Waals surface area contributed by atoms with Gasteiger partial charge in [0.1, 0.15) is 0 Å². The van der Waals surface area contributed by atoms with Gasteiger partial charge in [-0.1, -0.05) is 0 Å². The van der Waals surface area contributed by atoms with Crippen LogP contribution in [0.25, 0.3) is 0 Å². The van der Waals surface area contributed by atoms with Crippen molar-refractivity contribution in [1.29, 1.82) is 0 Å². The van der Waals surface area contributed by atoms with Crippen molar-refractivity contribution in [2.75, 3.05) is 13.1 Å². The normalized spacial score (nSPS) is 16.1. The van der Waals surface area contributed by atoms with Crippen molar-refractivity contribution < 1.29 is 19.8 Å². The molecule has 1 rings (SSSR count). The summed E-state index contributed by atoms with van der Waals surface area (Å²) in [7, 11) is 0. The molecule has 0 saturated carbocycles. The summed E-state index contributed by atoms with van der Waals surface area (Å²) < 4.78 is 0. The molecule has 1 saturated heterocycles. The molecule has 1 unspecified atom stereocenters. The number of nitrogens with zero attached hydrogens (tertiary/aromatic N) is 1. The predicted molar refractivity (Wildman–Crippen MR) is 64.7 cm³/mol. The Hall–Kier alpha value is -1.10. The molecule has 0 radical (unpaired) electrons. The number of aliphatic carboxylic acids is 1. The minimum absolute atomic E-state index is 0.262. The molecule has 2 N–H and O–H groups in total. The first-order valence-corrected chi connectivity index (χ1v) is 6.09. The molecule has 17 heavy (non-hydrogen) atoms. The molecule has 0 spiro atoms. The summed E-state index contributed by atoms with van der Waals surface area (Å²) in [6.07, 6.45) is 4.19. The van der Waals surface area contributed by atoms with E-state index in [1.807, 2.05) is 4.90 Å². The molecular formula is C12H23NO4. The molecule has 5 heteroatoms. The van der Waals surface area contributed by atoms with Crippen molar-refractivity contribution in [3.8, 4) is 0 Å². The van der Waals surface area contributed by atoms with Crippen LogP contribution in [0.5, 0.6) is 0 Å². The Kier molecular flexibility index (Phi) is 8.40. The topological polar surface area (TPSA) is 77.8 Å². The quantitative estimate of drug-likeness (QED) is 0.781. The van der Waals surface area contributed by atoms with Gasteiger partial charge in [-0.3, -0.25) is 9.59 Å². The zero-order valence-electron chi connectivity index (χ0n) is 10.7. The van der Waals surface area contributed by atoms with E-state index >= 15 is 0 Å². The van der Waals surface area contributed by atoms with E-state index in [1.54, 1.807) is 6.92 Å². The van der Waals surface area contributed by atoms with Crippen LogP contribution < -0.4 is 0 Å². The van der Waals surface area contributed by atoms with Crippen molar-refractivity contribution in [2.45, 2.75) is 52.1 Å². The molecular weight excluding hydrogens is 222 g/mol. The second kappa shape index (κ2) is 8.98. The number of aliphatic hydroxyl groups is 1. The Labute approximate surface area is 102 Å². The standard InChI is InChI=1S/C10H19NO2.C2H4O2/c1-9(12)5-4-6-10(13)11-7-2-3-8-11;1-2(3)4/h9,12H,2-8H2,1H3;1H3,(H,3,4). The third-order valence-electron chi connectivity index (χ3n) is 2.47. The molecule has 0 bridgehead atoms. The molecule has 1 aliphatic rings. The van der Waals surface area contributed by atoms with Gasteiger partial charge in [-0.25, -0.2) is 0 Å². The van der Waals surface area contributed by atoms with E-state index in [0.717, 1.165) is 45.7 Å². The SMILES string of the molecule is CC(=O)O.CC(O)CCCC(=O)N1CCCC1. The number of carbonyl (C=O) groups is 2. The average molecular weight is 245 g/mol. The lowest BCUT2D eigenvalue weighted by molar-refractivity contribution is -0.134. The largest absolute Gasteiger partial charge is 0.481 e. The number of carbonyl (C=O) groups excluding carboxylic acids is 1. The number of amides is 1. The van der Waals surface area contributed by atoms with Crippen LogP contribution in [0, 0.1) is 0 Å². The highest BCUT2D eigenvalue weighted by Gasteiger charge is 2.16. The van der Waals surface area contributed by atoms with Gasteiger partial charge < -0.3 is 15.1 Å². The number of carboxylic acid groups (broad SMARTS) is 1. The molecule has 0 aliphatic carbocycles. The fourth-order valence-electron chi connectivity index (χ4n) is 1.67. The maximum Gasteiger partial charge on any atom is 0.300 e. The molecule has 1 atom stereocenters. The highest BCUT2D eigenvalue weighted by molar-refractivity contribution is 5.76. The van der Waals surface area contributed by atoms with Gasteiger partial charge in [0.05, 0.1) is 6.10 Å². The molecule has 100 valence electrons. The summed E-state index contributed by atoms with van der Waals surface area (Å²) in [6.45, 7) is 4.72. The van der Waals surface area contributed by atoms with Crippen molar-refractivity contribution >= 4 is 11.9 Å². The number of aliphatic hydroxyl groups excluding tert-OH is 1. The van der Waals surface area contributed by atoms with E-state index in [-0.39, 0.29) is 12.0 Å². The van der Waals surface area contributed by atoms with E-state index in [2.05, 4.69) is 0 Å². The maximum atomic E-state index is 11.5. The summed E-state index contributed by atoms with van der Waals surface area (Å²) in [5, 5.41) is 16.4. The van der Waals surface area contributed by atoms with E-state index in [0.29, 0.717) is 6.42 Å². The van der Waals surface area contributed by atoms with Crippen LogP contribution in [0.3, 0.4) is 0 Å². The van der Waals surface area contributed by atoms with Crippen LogP contribution in [0.2, 0.25) is 0 Å². The third-order valence-corrected chi connectivity index (χ3v) is 2.47. The van der Waals surface area contributed by atoms with Crippen LogP contribution in [-0.2, 0) is 9.59 Å². The Bertz CT molecular complexity index is 231. The molecule has 0 aromatic heterocycles. The third kappa shape index (κ3) is 9.81. The second-order valence-corrected chi connectivity index (χ2v) is 4.35. The molecule has 0 aromatic rings. The Balaban J connectivity index is 0.000000557. The van der Waals surface area contributed by atoms with Crippen LogP contribution in [-0.4, -0.2) is 46.2 Å². The fourth-order valence-corrected chi connectivity index (χ4v) is 1.67. The first-order chi connectivity index (χ1) is 7.93. The minimum atomic E-state index is -0.833. The van der Waals surface area contributed by atoms with E-state index in [1.165, 1.54) is 0 Å². The first-order valence-electron chi connectivity index (χ1n) is 6.09. The average Bonchev–Trinajstić information content (AvgIpc) is 2.68. The van der Waals surface area contributed by atoms with Gasteiger partial charge in [-0.15, -0.1) is 0 Å². The number of carboxylic acids is 1. The highest BCUT2D eigenvalue weighted by atomic mass is 16.4. The lowest BCUT2D eigenvalue weighted by atomic mass is 10.1. The van der Waals surface area contributed by atoms with Gasteiger partial charge in [0.15, 0.2) is 0 Å². The number of hydrogen-bond acceptors (Lipinski definition) is 3. The molecule has 5 nitrogen and oxygen atoms in total. The van der Waals surface area contributed by atoms with Gasteiger partial charge in [0.25, 0.3) is 5.97 Å². The summed E-state index contributed by atoms with van der Waals surface area (Å²) in [5.74, 6) is -0.571. The lowest BCUT2D eigenvalue weighted by Crippen LogP contribution is -2.27. The van der Waals surface area contributed by atoms with Crippen molar-refractivity contribution in [1.82, 2.24) is 4.90 Å². The Morgan fingerprint density at radius 1 is 1.29 bits per heavy atom. The zero-order chi connectivity index (χ0) is 13.3. The zero-order valence-corrected chi connectivity index (χ0v) is 10.7. The van der Waals surface area contributed by atoms with Gasteiger partial charge >= 0.3 is 0 Å². The Morgan fingerprint density at radius 3 is 2.18 bits per heavy atom. The van der Waals surface area contributed by atoms with Crippen LogP contribution >= 0.6 is 0 Å². The smallest absolute Gasteiger partial charge is 0.300 e. The van der Waals surface area contributed by atoms with E-state index < -0.39 is 5.97 Å². The molecule has 1 fully saturated rings. The van der Waals surface area contributed by atoms with E-state index in [9.17, 15) is 4.79 Å². The maximum absolute atomic E-state index is 11.5. The predicted octanol–water partition coefficient (Wildman–Crippen LogP) is 1.25. The monoisotopic (exact) mass is 245 g/mol. The second-order valence-electron chi connectivity index (χ2n) is 4.35. The van der Waals surface area contributed by atoms with Crippen molar-refractivity contribution in [3.05, 3.63) is 0 Å². The summed E-state index contributed by atoms with van der Waals surface area (Å²) >= 11 is 0. The van der Waals surface area contributed by atoms with Crippen LogP contribution in [0.15, 0.2) is 0 Å². The number of hydrogen-bond donors (Lipinski definition) is 2. The highest BCUT2D eigenvalue weighted by Crippen LogP contribution is 2.11. The molecule has 1 heterocycles. The molecule has 1 aliphatic heterocycles. The summed E-state index contributed by atoms with van der Waals surface area (Å²) in [6, 6.07) is 0. The van der Waals surface area contributed by atoms with Gasteiger partial charge in [0.2, 0.25) is 5.91 Å². The van der Waals surface area contributed by atoms with Gasteiger partial charge in [0, 0.05) is 26.4 Å². The first kappa shape index (κ1) is 15.9. The number of rotatable bonds is 4. The summed E-state index contributed by atoms with van der Waals surface area (Å²) in [5.41, 5.74) is 0. The minimum Gasteiger partial charge on any atom is -0.481 e. The fraction of sp³-hybridized carbons (Fsp3) is 0.833. The molecule has 0 aromatic carbocycles. The van der Waals surface area contributed by atoms with Gasteiger partial charge in [-0.2, -0.15) is 0 Å². The Morgan fingerprint density at radius 2 is 1.76 bits per heavy atom. The van der Waals surface area contributed by atoms with Crippen LogP contribution in [0.4, 0.5) is 0 Å². The molecule has 1 amide bonds. The summed E-state index contributed by atoms with van der Waals surface area (Å²) in [4.78, 5) is 22.4.